The quantitative estimate of drug-likeness (QED) is 0.632. The molecule has 2 rings (SSSR count). The number of benzene rings is 1. The molecule has 0 saturated carbocycles. The summed E-state index contributed by atoms with van der Waals surface area (Å²) < 4.78 is 0. The number of hydrogen-bond acceptors (Lipinski definition) is 4. The van der Waals surface area contributed by atoms with Crippen molar-refractivity contribution in [2.24, 2.45) is 5.84 Å². The van der Waals surface area contributed by atoms with Crippen molar-refractivity contribution in [2.45, 2.75) is 19.9 Å². The van der Waals surface area contributed by atoms with Gasteiger partial charge in [0, 0.05) is 11.1 Å². The number of aryl methyl sites for hydroxylation is 2. The Kier molecular flexibility index (Phi) is 3.33. The Labute approximate surface area is 99.3 Å². The first-order valence-corrected chi connectivity index (χ1v) is 6.01. The summed E-state index contributed by atoms with van der Waals surface area (Å²) in [5.41, 5.74) is 8.35. The molecule has 2 aromatic rings. The van der Waals surface area contributed by atoms with Crippen molar-refractivity contribution in [3.63, 3.8) is 0 Å². The molecule has 0 spiro atoms. The first-order valence-electron chi connectivity index (χ1n) is 5.13. The highest BCUT2D eigenvalue weighted by Crippen LogP contribution is 2.25. The highest BCUT2D eigenvalue weighted by molar-refractivity contribution is 7.09. The molecule has 1 aromatic heterocycles. The Morgan fingerprint density at radius 1 is 1.25 bits per heavy atom. The molecule has 3 N–H and O–H groups in total. The average molecular weight is 233 g/mol. The number of thiazole rings is 1. The van der Waals surface area contributed by atoms with Crippen LogP contribution < -0.4 is 11.3 Å². The van der Waals surface area contributed by atoms with Crippen LogP contribution >= 0.6 is 11.3 Å². The SMILES string of the molecule is Cc1cc(C)cc(C(NN)c2cncs2)c1. The first kappa shape index (κ1) is 11.3. The van der Waals surface area contributed by atoms with Gasteiger partial charge in [-0.1, -0.05) is 29.3 Å². The summed E-state index contributed by atoms with van der Waals surface area (Å²) in [6, 6.07) is 6.49. The zero-order valence-corrected chi connectivity index (χ0v) is 10.2. The molecule has 0 aliphatic rings. The van der Waals surface area contributed by atoms with E-state index in [0.717, 1.165) is 4.88 Å². The third-order valence-electron chi connectivity index (χ3n) is 2.48. The molecule has 0 aliphatic heterocycles. The van der Waals surface area contributed by atoms with E-state index in [1.807, 2.05) is 11.7 Å². The number of nitrogens with two attached hydrogens (primary N) is 1. The molecule has 84 valence electrons. The van der Waals surface area contributed by atoms with E-state index in [1.165, 1.54) is 16.7 Å². The lowest BCUT2D eigenvalue weighted by Gasteiger charge is -2.15. The van der Waals surface area contributed by atoms with Crippen LogP contribution in [0.1, 0.15) is 27.6 Å². The molecule has 1 aromatic carbocycles. The van der Waals surface area contributed by atoms with E-state index in [2.05, 4.69) is 42.5 Å². The van der Waals surface area contributed by atoms with E-state index in [0.29, 0.717) is 0 Å². The highest BCUT2D eigenvalue weighted by atomic mass is 32.1. The molecular formula is C12H15N3S. The van der Waals surface area contributed by atoms with Crippen LogP contribution in [0.25, 0.3) is 0 Å². The standard InChI is InChI=1S/C12H15N3S/c1-8-3-9(2)5-10(4-8)12(15-13)11-6-14-7-16-11/h3-7,12,15H,13H2,1-2H3. The van der Waals surface area contributed by atoms with Gasteiger partial charge < -0.3 is 0 Å². The lowest BCUT2D eigenvalue weighted by atomic mass is 10.0. The monoisotopic (exact) mass is 233 g/mol. The molecule has 1 atom stereocenters. The lowest BCUT2D eigenvalue weighted by Crippen LogP contribution is -2.28. The molecule has 3 nitrogen and oxygen atoms in total. The van der Waals surface area contributed by atoms with E-state index in [-0.39, 0.29) is 6.04 Å². The van der Waals surface area contributed by atoms with Crippen molar-refractivity contribution in [3.8, 4) is 0 Å². The van der Waals surface area contributed by atoms with Gasteiger partial charge in [0.15, 0.2) is 0 Å². The van der Waals surface area contributed by atoms with Gasteiger partial charge in [-0.3, -0.25) is 10.8 Å². The minimum Gasteiger partial charge on any atom is -0.271 e. The maximum absolute atomic E-state index is 5.63. The average Bonchev–Trinajstić information content (AvgIpc) is 2.70. The van der Waals surface area contributed by atoms with Crippen molar-refractivity contribution in [3.05, 3.63) is 51.5 Å². The third kappa shape index (κ3) is 2.29. The Morgan fingerprint density at radius 2 is 1.94 bits per heavy atom. The number of nitrogens with zero attached hydrogens (tertiary/aromatic N) is 1. The molecule has 1 unspecified atom stereocenters. The molecule has 0 amide bonds. The van der Waals surface area contributed by atoms with Gasteiger partial charge in [-0.2, -0.15) is 0 Å². The first-order chi connectivity index (χ1) is 7.70. The van der Waals surface area contributed by atoms with Gasteiger partial charge >= 0.3 is 0 Å². The lowest BCUT2D eigenvalue weighted by molar-refractivity contribution is 0.644. The molecule has 0 saturated heterocycles. The van der Waals surface area contributed by atoms with Gasteiger partial charge in [-0.25, -0.2) is 5.43 Å². The second-order valence-electron chi connectivity index (χ2n) is 3.92. The van der Waals surface area contributed by atoms with Crippen LogP contribution in [-0.4, -0.2) is 4.98 Å². The fraction of sp³-hybridized carbons (Fsp3) is 0.250. The second kappa shape index (κ2) is 4.74. The van der Waals surface area contributed by atoms with E-state index in [4.69, 9.17) is 5.84 Å². The zero-order chi connectivity index (χ0) is 11.5. The number of rotatable bonds is 3. The number of aromatic nitrogens is 1. The van der Waals surface area contributed by atoms with Crippen LogP contribution in [0.2, 0.25) is 0 Å². The topological polar surface area (TPSA) is 50.9 Å². The summed E-state index contributed by atoms with van der Waals surface area (Å²) in [5.74, 6) is 5.63. The maximum Gasteiger partial charge on any atom is 0.0818 e. The predicted molar refractivity (Wildman–Crippen MR) is 67.2 cm³/mol. The second-order valence-corrected chi connectivity index (χ2v) is 4.84. The summed E-state index contributed by atoms with van der Waals surface area (Å²) in [6.45, 7) is 4.19. The molecule has 0 bridgehead atoms. The minimum absolute atomic E-state index is 0.0334. The van der Waals surface area contributed by atoms with Crippen molar-refractivity contribution < 1.29 is 0 Å². The van der Waals surface area contributed by atoms with Gasteiger partial charge in [0.05, 0.1) is 11.6 Å². The van der Waals surface area contributed by atoms with Crippen LogP contribution in [0, 0.1) is 13.8 Å². The van der Waals surface area contributed by atoms with Crippen molar-refractivity contribution in [2.75, 3.05) is 0 Å². The number of hydrazine groups is 1. The number of nitrogens with one attached hydrogen (secondary N) is 1. The summed E-state index contributed by atoms with van der Waals surface area (Å²) in [6.07, 6.45) is 1.85. The normalized spacial score (nSPS) is 12.7. The third-order valence-corrected chi connectivity index (χ3v) is 3.32. The van der Waals surface area contributed by atoms with Crippen LogP contribution in [0.5, 0.6) is 0 Å². The van der Waals surface area contributed by atoms with Crippen molar-refractivity contribution in [1.29, 1.82) is 0 Å². The zero-order valence-electron chi connectivity index (χ0n) is 9.40. The van der Waals surface area contributed by atoms with Gasteiger partial charge in [0.1, 0.15) is 0 Å². The Bertz CT molecular complexity index is 445. The van der Waals surface area contributed by atoms with Crippen LogP contribution in [0.4, 0.5) is 0 Å². The smallest absolute Gasteiger partial charge is 0.0818 e. The Hall–Kier alpha value is -1.23. The molecule has 0 fully saturated rings. The minimum atomic E-state index is 0.0334. The van der Waals surface area contributed by atoms with Gasteiger partial charge in [0.2, 0.25) is 0 Å². The fourth-order valence-electron chi connectivity index (χ4n) is 1.89. The molecule has 16 heavy (non-hydrogen) atoms. The van der Waals surface area contributed by atoms with Crippen molar-refractivity contribution in [1.82, 2.24) is 10.4 Å². The van der Waals surface area contributed by atoms with Crippen LogP contribution in [-0.2, 0) is 0 Å². The Morgan fingerprint density at radius 3 is 2.44 bits per heavy atom. The summed E-state index contributed by atoms with van der Waals surface area (Å²) >= 11 is 1.61. The predicted octanol–water partition coefficient (Wildman–Crippen LogP) is 2.31. The highest BCUT2D eigenvalue weighted by Gasteiger charge is 2.14. The van der Waals surface area contributed by atoms with Crippen LogP contribution in [0.3, 0.4) is 0 Å². The van der Waals surface area contributed by atoms with Gasteiger partial charge in [-0.15, -0.1) is 11.3 Å². The van der Waals surface area contributed by atoms with Crippen molar-refractivity contribution >= 4 is 11.3 Å². The fourth-order valence-corrected chi connectivity index (χ4v) is 2.59. The van der Waals surface area contributed by atoms with E-state index in [1.54, 1.807) is 11.3 Å². The van der Waals surface area contributed by atoms with Crippen LogP contribution in [0.15, 0.2) is 29.9 Å². The van der Waals surface area contributed by atoms with E-state index < -0.39 is 0 Å². The molecule has 0 radical (unpaired) electrons. The maximum atomic E-state index is 5.63. The molecule has 1 heterocycles. The molecular weight excluding hydrogens is 218 g/mol. The van der Waals surface area contributed by atoms with Gasteiger partial charge in [-0.05, 0) is 19.4 Å². The van der Waals surface area contributed by atoms with E-state index in [9.17, 15) is 0 Å². The molecule has 4 heteroatoms. The van der Waals surface area contributed by atoms with E-state index >= 15 is 0 Å². The number of hydrogen-bond donors (Lipinski definition) is 2. The summed E-state index contributed by atoms with van der Waals surface area (Å²) in [7, 11) is 0. The molecule has 0 aliphatic carbocycles. The van der Waals surface area contributed by atoms with Gasteiger partial charge in [0.25, 0.3) is 0 Å². The summed E-state index contributed by atoms with van der Waals surface area (Å²) in [4.78, 5) is 5.22. The Balaban J connectivity index is 2.41. The largest absolute Gasteiger partial charge is 0.271 e. The summed E-state index contributed by atoms with van der Waals surface area (Å²) in [5, 5.41) is 0.